The van der Waals surface area contributed by atoms with Gasteiger partial charge < -0.3 is 10.1 Å². The van der Waals surface area contributed by atoms with E-state index in [1.165, 1.54) is 30.3 Å². The van der Waals surface area contributed by atoms with Crippen LogP contribution in [-0.4, -0.2) is 39.5 Å². The number of aromatic nitrogens is 3. The molecule has 1 N–H and O–H groups in total. The van der Waals surface area contributed by atoms with Gasteiger partial charge in [-0.1, -0.05) is 18.2 Å². The fraction of sp³-hybridized carbons (Fsp3) is 0.273. The van der Waals surface area contributed by atoms with Gasteiger partial charge in [-0.3, -0.25) is 14.2 Å². The largest absolute Gasteiger partial charge is 0.376 e. The van der Waals surface area contributed by atoms with Crippen LogP contribution < -0.4 is 16.6 Å². The van der Waals surface area contributed by atoms with Gasteiger partial charge in [0.25, 0.3) is 11.5 Å². The van der Waals surface area contributed by atoms with Gasteiger partial charge in [0.15, 0.2) is 0 Å². The Bertz CT molecular complexity index is 1250. The molecule has 10 heteroatoms. The second-order valence-corrected chi connectivity index (χ2v) is 7.35. The van der Waals surface area contributed by atoms with Gasteiger partial charge in [0, 0.05) is 18.7 Å². The molecule has 1 saturated heterocycles. The number of halogens is 2. The maximum atomic E-state index is 14.2. The summed E-state index contributed by atoms with van der Waals surface area (Å²) in [5, 5.41) is 6.55. The predicted octanol–water partition coefficient (Wildman–Crippen LogP) is 1.63. The number of nitrogens with zero attached hydrogens (tertiary/aromatic N) is 3. The third kappa shape index (κ3) is 4.50. The van der Waals surface area contributed by atoms with Gasteiger partial charge >= 0.3 is 5.69 Å². The molecule has 0 bridgehead atoms. The summed E-state index contributed by atoms with van der Waals surface area (Å²) in [6, 6.07) is 10.5. The maximum absolute atomic E-state index is 14.2. The number of rotatable bonds is 6. The van der Waals surface area contributed by atoms with E-state index in [0.717, 1.165) is 34.2 Å². The summed E-state index contributed by atoms with van der Waals surface area (Å²) < 4.78 is 34.5. The molecule has 4 rings (SSSR count). The van der Waals surface area contributed by atoms with Gasteiger partial charge in [-0.15, -0.1) is 0 Å². The van der Waals surface area contributed by atoms with E-state index in [4.69, 9.17) is 4.74 Å². The zero-order chi connectivity index (χ0) is 22.7. The van der Waals surface area contributed by atoms with Crippen molar-refractivity contribution in [1.29, 1.82) is 0 Å². The van der Waals surface area contributed by atoms with E-state index in [0.29, 0.717) is 6.61 Å². The fourth-order valence-electron chi connectivity index (χ4n) is 3.44. The lowest BCUT2D eigenvalue weighted by molar-refractivity contribution is 0.0849. The second-order valence-electron chi connectivity index (χ2n) is 7.35. The normalized spacial score (nSPS) is 15.6. The average Bonchev–Trinajstić information content (AvgIpc) is 3.31. The van der Waals surface area contributed by atoms with Crippen molar-refractivity contribution in [3.8, 4) is 5.69 Å². The summed E-state index contributed by atoms with van der Waals surface area (Å²) >= 11 is 0. The molecule has 0 aliphatic carbocycles. The van der Waals surface area contributed by atoms with Crippen molar-refractivity contribution in [3.63, 3.8) is 0 Å². The van der Waals surface area contributed by atoms with Gasteiger partial charge in [0.2, 0.25) is 5.69 Å². The summed E-state index contributed by atoms with van der Waals surface area (Å²) in [6.07, 6.45) is 1.49. The standard InChI is InChI=1S/C22H20F2N4O4/c23-15-7-9-16(10-8-15)28-22(31)27(13-14-4-1-2-6-18(14)24)21(30)19(26-28)20(29)25-12-17-5-3-11-32-17/h1-2,4,6-10,17H,3,5,11-13H2,(H,25,29)/t17-/m1/s1. The van der Waals surface area contributed by atoms with Gasteiger partial charge in [-0.05, 0) is 43.2 Å². The number of hydrogen-bond donors (Lipinski definition) is 1. The van der Waals surface area contributed by atoms with E-state index in [-0.39, 0.29) is 23.9 Å². The molecule has 166 valence electrons. The van der Waals surface area contributed by atoms with Crippen LogP contribution >= 0.6 is 0 Å². The highest BCUT2D eigenvalue weighted by Crippen LogP contribution is 2.11. The summed E-state index contributed by atoms with van der Waals surface area (Å²) in [6.45, 7) is 0.382. The Hall–Kier alpha value is -3.66. The van der Waals surface area contributed by atoms with Crippen LogP contribution in [0.2, 0.25) is 0 Å². The molecule has 0 spiro atoms. The number of carbonyl (C=O) groups is 1. The minimum atomic E-state index is -0.957. The van der Waals surface area contributed by atoms with E-state index < -0.39 is 41.0 Å². The number of benzene rings is 2. The first-order valence-electron chi connectivity index (χ1n) is 10.1. The molecular formula is C22H20F2N4O4. The molecule has 1 aliphatic rings. The number of hydrogen-bond acceptors (Lipinski definition) is 5. The van der Waals surface area contributed by atoms with E-state index in [2.05, 4.69) is 10.4 Å². The smallest absolute Gasteiger partial charge is 0.352 e. The molecule has 0 radical (unpaired) electrons. The molecule has 2 aromatic carbocycles. The zero-order valence-electron chi connectivity index (χ0n) is 17.0. The summed E-state index contributed by atoms with van der Waals surface area (Å²) in [5.74, 6) is -1.92. The summed E-state index contributed by atoms with van der Waals surface area (Å²) in [7, 11) is 0. The van der Waals surface area contributed by atoms with Gasteiger partial charge in [-0.25, -0.2) is 13.6 Å². The number of nitrogens with one attached hydrogen (secondary N) is 1. The van der Waals surface area contributed by atoms with Crippen LogP contribution in [0.4, 0.5) is 8.78 Å². The lowest BCUT2D eigenvalue weighted by Crippen LogP contribution is -2.46. The predicted molar refractivity (Wildman–Crippen MR) is 111 cm³/mol. The molecule has 2 heterocycles. The van der Waals surface area contributed by atoms with Crippen molar-refractivity contribution < 1.29 is 18.3 Å². The number of amides is 1. The Morgan fingerprint density at radius 1 is 1.12 bits per heavy atom. The first kappa shape index (κ1) is 21.6. The van der Waals surface area contributed by atoms with Crippen molar-refractivity contribution in [1.82, 2.24) is 19.7 Å². The average molecular weight is 442 g/mol. The van der Waals surface area contributed by atoms with E-state index in [9.17, 15) is 23.2 Å². The fourth-order valence-corrected chi connectivity index (χ4v) is 3.44. The van der Waals surface area contributed by atoms with Crippen LogP contribution in [0.3, 0.4) is 0 Å². The van der Waals surface area contributed by atoms with E-state index in [1.807, 2.05) is 0 Å². The Labute approximate surface area is 181 Å². The molecule has 1 aliphatic heterocycles. The summed E-state index contributed by atoms with van der Waals surface area (Å²) in [5.41, 5.74) is -2.15. The van der Waals surface area contributed by atoms with Crippen LogP contribution in [0.5, 0.6) is 0 Å². The van der Waals surface area contributed by atoms with Crippen molar-refractivity contribution in [2.24, 2.45) is 0 Å². The third-order valence-electron chi connectivity index (χ3n) is 5.15. The van der Waals surface area contributed by atoms with Crippen molar-refractivity contribution in [2.75, 3.05) is 13.2 Å². The minimum Gasteiger partial charge on any atom is -0.376 e. The zero-order valence-corrected chi connectivity index (χ0v) is 17.0. The van der Waals surface area contributed by atoms with Crippen LogP contribution in [0.15, 0.2) is 58.1 Å². The molecular weight excluding hydrogens is 422 g/mol. The molecule has 32 heavy (non-hydrogen) atoms. The van der Waals surface area contributed by atoms with E-state index in [1.54, 1.807) is 6.07 Å². The first-order valence-corrected chi connectivity index (χ1v) is 10.1. The Balaban J connectivity index is 1.77. The topological polar surface area (TPSA) is 95.2 Å². The highest BCUT2D eigenvalue weighted by atomic mass is 19.1. The molecule has 1 amide bonds. The van der Waals surface area contributed by atoms with Crippen molar-refractivity contribution >= 4 is 5.91 Å². The monoisotopic (exact) mass is 442 g/mol. The lowest BCUT2D eigenvalue weighted by Gasteiger charge is -2.14. The molecule has 8 nitrogen and oxygen atoms in total. The Morgan fingerprint density at radius 3 is 2.56 bits per heavy atom. The van der Waals surface area contributed by atoms with Gasteiger partial charge in [0.05, 0.1) is 18.3 Å². The SMILES string of the molecule is O=C(NC[C@H]1CCCO1)c1nn(-c2ccc(F)cc2)c(=O)n(Cc2ccccc2F)c1=O. The number of carbonyl (C=O) groups excluding carboxylic acids is 1. The molecule has 1 aromatic heterocycles. The van der Waals surface area contributed by atoms with Crippen LogP contribution in [0, 0.1) is 11.6 Å². The molecule has 0 unspecified atom stereocenters. The van der Waals surface area contributed by atoms with E-state index >= 15 is 0 Å². The van der Waals surface area contributed by atoms with Crippen molar-refractivity contribution in [3.05, 3.63) is 92.3 Å². The number of ether oxygens (including phenoxy) is 1. The highest BCUT2D eigenvalue weighted by molar-refractivity contribution is 5.91. The van der Waals surface area contributed by atoms with Gasteiger partial charge in [-0.2, -0.15) is 9.78 Å². The maximum Gasteiger partial charge on any atom is 0.352 e. The van der Waals surface area contributed by atoms with Crippen LogP contribution in [-0.2, 0) is 11.3 Å². The Kier molecular flexibility index (Phi) is 6.22. The van der Waals surface area contributed by atoms with Gasteiger partial charge in [0.1, 0.15) is 11.6 Å². The minimum absolute atomic E-state index is 0.0919. The van der Waals surface area contributed by atoms with Crippen LogP contribution in [0.1, 0.15) is 28.9 Å². The quantitative estimate of drug-likeness (QED) is 0.626. The molecule has 3 aromatic rings. The highest BCUT2D eigenvalue weighted by Gasteiger charge is 2.23. The Morgan fingerprint density at radius 2 is 1.88 bits per heavy atom. The first-order chi connectivity index (χ1) is 15.4. The van der Waals surface area contributed by atoms with Crippen LogP contribution in [0.25, 0.3) is 5.69 Å². The second kappa shape index (κ2) is 9.23. The third-order valence-corrected chi connectivity index (χ3v) is 5.15. The molecule has 0 saturated carbocycles. The summed E-state index contributed by atoms with van der Waals surface area (Å²) in [4.78, 5) is 38.8. The van der Waals surface area contributed by atoms with Crippen molar-refractivity contribution in [2.45, 2.75) is 25.5 Å². The lowest BCUT2D eigenvalue weighted by atomic mass is 10.2. The molecule has 1 fully saturated rings. The molecule has 1 atom stereocenters.